The Hall–Kier alpha value is -0.800. The Bertz CT molecular complexity index is 180. The summed E-state index contributed by atoms with van der Waals surface area (Å²) >= 11 is 5.44. The molecule has 4 heteroatoms. The fourth-order valence-corrected chi connectivity index (χ4v) is 0.612. The van der Waals surface area contributed by atoms with Crippen LogP contribution in [0.3, 0.4) is 0 Å². The van der Waals surface area contributed by atoms with Crippen molar-refractivity contribution in [1.29, 1.82) is 0 Å². The van der Waals surface area contributed by atoms with E-state index in [0.717, 1.165) is 0 Å². The first-order chi connectivity index (χ1) is 5.66. The van der Waals surface area contributed by atoms with Gasteiger partial charge in [0, 0.05) is 11.6 Å². The van der Waals surface area contributed by atoms with E-state index in [0.29, 0.717) is 18.1 Å². The van der Waals surface area contributed by atoms with E-state index in [1.165, 1.54) is 0 Å². The first-order valence-electron chi connectivity index (χ1n) is 3.58. The summed E-state index contributed by atoms with van der Waals surface area (Å²) in [6, 6.07) is 0. The lowest BCUT2D eigenvalue weighted by atomic mass is 10.5. The SMILES string of the molecule is C=CCNCC(=O)NCC(=C)Cl. The zero-order valence-electron chi connectivity index (χ0n) is 6.90. The molecule has 0 aliphatic heterocycles. The standard InChI is InChI=1S/C8H13ClN2O/c1-3-4-10-6-8(12)11-5-7(2)9/h3,10H,1-2,4-6H2,(H,11,12). The Morgan fingerprint density at radius 1 is 1.50 bits per heavy atom. The van der Waals surface area contributed by atoms with Gasteiger partial charge in [-0.15, -0.1) is 6.58 Å². The van der Waals surface area contributed by atoms with Gasteiger partial charge in [0.05, 0.1) is 13.1 Å². The van der Waals surface area contributed by atoms with E-state index in [1.54, 1.807) is 6.08 Å². The van der Waals surface area contributed by atoms with Crippen molar-refractivity contribution in [2.24, 2.45) is 0 Å². The van der Waals surface area contributed by atoms with Crippen molar-refractivity contribution in [3.63, 3.8) is 0 Å². The van der Waals surface area contributed by atoms with Crippen LogP contribution in [-0.2, 0) is 4.79 Å². The number of nitrogens with one attached hydrogen (secondary N) is 2. The molecule has 0 radical (unpaired) electrons. The Balaban J connectivity index is 3.33. The van der Waals surface area contributed by atoms with E-state index in [1.807, 2.05) is 0 Å². The van der Waals surface area contributed by atoms with Crippen LogP contribution in [0.5, 0.6) is 0 Å². The van der Waals surface area contributed by atoms with E-state index in [-0.39, 0.29) is 12.5 Å². The molecule has 0 aromatic heterocycles. The third-order valence-electron chi connectivity index (χ3n) is 1.05. The van der Waals surface area contributed by atoms with Gasteiger partial charge in [0.25, 0.3) is 0 Å². The molecule has 0 aliphatic carbocycles. The molecular weight excluding hydrogens is 176 g/mol. The maximum absolute atomic E-state index is 10.9. The fraction of sp³-hybridized carbons (Fsp3) is 0.375. The molecule has 0 aromatic carbocycles. The Labute approximate surface area is 77.5 Å². The number of hydrogen-bond acceptors (Lipinski definition) is 2. The van der Waals surface area contributed by atoms with Crippen molar-refractivity contribution in [2.45, 2.75) is 0 Å². The highest BCUT2D eigenvalue weighted by Crippen LogP contribution is 1.91. The minimum Gasteiger partial charge on any atom is -0.350 e. The minimum absolute atomic E-state index is 0.0985. The highest BCUT2D eigenvalue weighted by atomic mass is 35.5. The lowest BCUT2D eigenvalue weighted by molar-refractivity contribution is -0.120. The van der Waals surface area contributed by atoms with E-state index in [2.05, 4.69) is 23.8 Å². The number of amides is 1. The zero-order valence-corrected chi connectivity index (χ0v) is 7.66. The van der Waals surface area contributed by atoms with E-state index >= 15 is 0 Å². The molecule has 0 aromatic rings. The second-order valence-corrected chi connectivity index (χ2v) is 2.75. The highest BCUT2D eigenvalue weighted by Gasteiger charge is 1.97. The van der Waals surface area contributed by atoms with Gasteiger partial charge >= 0.3 is 0 Å². The fourth-order valence-electron chi connectivity index (χ4n) is 0.545. The van der Waals surface area contributed by atoms with Crippen LogP contribution in [0.4, 0.5) is 0 Å². The summed E-state index contributed by atoms with van der Waals surface area (Å²) < 4.78 is 0. The molecule has 0 unspecified atom stereocenters. The van der Waals surface area contributed by atoms with Crippen molar-refractivity contribution in [3.8, 4) is 0 Å². The highest BCUT2D eigenvalue weighted by molar-refractivity contribution is 6.29. The van der Waals surface area contributed by atoms with Gasteiger partial charge < -0.3 is 10.6 Å². The number of halogens is 1. The molecule has 0 bridgehead atoms. The first kappa shape index (κ1) is 11.2. The van der Waals surface area contributed by atoms with Crippen LogP contribution < -0.4 is 10.6 Å². The number of carbonyl (C=O) groups is 1. The van der Waals surface area contributed by atoms with Crippen LogP contribution in [0.2, 0.25) is 0 Å². The minimum atomic E-state index is -0.0985. The van der Waals surface area contributed by atoms with Crippen LogP contribution >= 0.6 is 11.6 Å². The van der Waals surface area contributed by atoms with Crippen molar-refractivity contribution >= 4 is 17.5 Å². The number of rotatable bonds is 6. The van der Waals surface area contributed by atoms with E-state index in [4.69, 9.17) is 11.6 Å². The summed E-state index contributed by atoms with van der Waals surface area (Å²) in [6.07, 6.45) is 1.69. The average molecular weight is 189 g/mol. The molecule has 3 nitrogen and oxygen atoms in total. The molecule has 0 fully saturated rings. The molecule has 1 amide bonds. The molecule has 68 valence electrons. The van der Waals surface area contributed by atoms with Crippen LogP contribution in [0.25, 0.3) is 0 Å². The van der Waals surface area contributed by atoms with Crippen LogP contribution in [0, 0.1) is 0 Å². The summed E-state index contributed by atoms with van der Waals surface area (Å²) in [5, 5.41) is 5.85. The summed E-state index contributed by atoms with van der Waals surface area (Å²) in [5.74, 6) is -0.0985. The van der Waals surface area contributed by atoms with Gasteiger partial charge in [-0.2, -0.15) is 0 Å². The third-order valence-corrected chi connectivity index (χ3v) is 1.19. The van der Waals surface area contributed by atoms with Gasteiger partial charge in [0.15, 0.2) is 0 Å². The van der Waals surface area contributed by atoms with E-state index < -0.39 is 0 Å². The quantitative estimate of drug-likeness (QED) is 0.474. The van der Waals surface area contributed by atoms with Crippen molar-refractivity contribution in [2.75, 3.05) is 19.6 Å². The van der Waals surface area contributed by atoms with Crippen LogP contribution in [-0.4, -0.2) is 25.5 Å². The normalized spacial score (nSPS) is 9.08. The monoisotopic (exact) mass is 188 g/mol. The predicted molar refractivity (Wildman–Crippen MR) is 51.1 cm³/mol. The lowest BCUT2D eigenvalue weighted by Crippen LogP contribution is -2.34. The Morgan fingerprint density at radius 2 is 2.17 bits per heavy atom. The molecule has 0 rings (SSSR count). The number of carbonyl (C=O) groups excluding carboxylic acids is 1. The third kappa shape index (κ3) is 7.31. The largest absolute Gasteiger partial charge is 0.350 e. The van der Waals surface area contributed by atoms with Crippen molar-refractivity contribution in [1.82, 2.24) is 10.6 Å². The maximum Gasteiger partial charge on any atom is 0.234 e. The molecule has 0 heterocycles. The molecular formula is C8H13ClN2O. The summed E-state index contributed by atoms with van der Waals surface area (Å²) in [6.45, 7) is 8.15. The second-order valence-electron chi connectivity index (χ2n) is 2.21. The average Bonchev–Trinajstić information content (AvgIpc) is 2.01. The maximum atomic E-state index is 10.9. The second kappa shape index (κ2) is 6.88. The Morgan fingerprint density at radius 3 is 2.67 bits per heavy atom. The summed E-state index contributed by atoms with van der Waals surface area (Å²) in [7, 11) is 0. The number of hydrogen-bond donors (Lipinski definition) is 2. The van der Waals surface area contributed by atoms with Gasteiger partial charge in [-0.3, -0.25) is 4.79 Å². The molecule has 0 saturated heterocycles. The Kier molecular flexibility index (Phi) is 6.42. The molecule has 0 aliphatic rings. The predicted octanol–water partition coefficient (Wildman–Crippen LogP) is 0.631. The van der Waals surface area contributed by atoms with Crippen molar-refractivity contribution in [3.05, 3.63) is 24.3 Å². The molecule has 0 spiro atoms. The molecule has 0 saturated carbocycles. The first-order valence-corrected chi connectivity index (χ1v) is 3.96. The molecule has 0 atom stereocenters. The lowest BCUT2D eigenvalue weighted by Gasteiger charge is -2.03. The van der Waals surface area contributed by atoms with Gasteiger partial charge in [0.1, 0.15) is 0 Å². The smallest absolute Gasteiger partial charge is 0.234 e. The van der Waals surface area contributed by atoms with Gasteiger partial charge in [-0.25, -0.2) is 0 Å². The molecule has 12 heavy (non-hydrogen) atoms. The van der Waals surface area contributed by atoms with Crippen LogP contribution in [0.1, 0.15) is 0 Å². The summed E-state index contributed by atoms with van der Waals surface area (Å²) in [4.78, 5) is 10.9. The van der Waals surface area contributed by atoms with Gasteiger partial charge in [-0.1, -0.05) is 24.3 Å². The van der Waals surface area contributed by atoms with Crippen molar-refractivity contribution < 1.29 is 4.79 Å². The molecule has 2 N–H and O–H groups in total. The van der Waals surface area contributed by atoms with E-state index in [9.17, 15) is 4.79 Å². The topological polar surface area (TPSA) is 41.1 Å². The van der Waals surface area contributed by atoms with Crippen LogP contribution in [0.15, 0.2) is 24.3 Å². The van der Waals surface area contributed by atoms with Gasteiger partial charge in [-0.05, 0) is 0 Å². The zero-order chi connectivity index (χ0) is 9.40. The van der Waals surface area contributed by atoms with Gasteiger partial charge in [0.2, 0.25) is 5.91 Å². The summed E-state index contributed by atoms with van der Waals surface area (Å²) in [5.41, 5.74) is 0.